The predicted molar refractivity (Wildman–Crippen MR) is 112 cm³/mol. The third-order valence-corrected chi connectivity index (χ3v) is 4.26. The molecule has 29 heavy (non-hydrogen) atoms. The monoisotopic (exact) mass is 391 g/mol. The molecule has 3 rings (SSSR count). The van der Waals surface area contributed by atoms with Crippen LogP contribution in [0.2, 0.25) is 0 Å². The molecule has 2 aromatic heterocycles. The number of anilines is 1. The Morgan fingerprint density at radius 1 is 0.966 bits per heavy atom. The van der Waals surface area contributed by atoms with Gasteiger partial charge in [0.05, 0.1) is 0 Å². The Balaban J connectivity index is 1.55. The minimum Gasteiger partial charge on any atom is -0.485 e. The van der Waals surface area contributed by atoms with Crippen LogP contribution in [0.4, 0.5) is 5.82 Å². The number of ether oxygens (including phenoxy) is 2. The number of carbonyl (C=O) groups is 1. The van der Waals surface area contributed by atoms with Crippen LogP contribution in [0.5, 0.6) is 11.5 Å². The maximum Gasteiger partial charge on any atom is 0.263 e. The Morgan fingerprint density at radius 2 is 1.69 bits per heavy atom. The first-order valence-electron chi connectivity index (χ1n) is 9.42. The normalized spacial score (nSPS) is 11.0. The van der Waals surface area contributed by atoms with Crippen molar-refractivity contribution >= 4 is 11.7 Å². The second kappa shape index (κ2) is 9.19. The molecule has 0 saturated heterocycles. The highest BCUT2D eigenvalue weighted by atomic mass is 16.5. The van der Waals surface area contributed by atoms with E-state index in [4.69, 9.17) is 9.47 Å². The van der Waals surface area contributed by atoms with Crippen LogP contribution in [-0.2, 0) is 16.8 Å². The summed E-state index contributed by atoms with van der Waals surface area (Å²) in [6.07, 6.45) is 5.01. The zero-order chi connectivity index (χ0) is 20.7. The van der Waals surface area contributed by atoms with Crippen molar-refractivity contribution in [2.24, 2.45) is 0 Å². The SMILES string of the molecule is CC(C)(C)c1ccc(OCC(=O)Nc2ncccc2OCc2ccncc2)cc1. The topological polar surface area (TPSA) is 73.3 Å². The maximum atomic E-state index is 12.3. The van der Waals surface area contributed by atoms with Gasteiger partial charge in [0.1, 0.15) is 12.4 Å². The highest BCUT2D eigenvalue weighted by molar-refractivity contribution is 5.92. The van der Waals surface area contributed by atoms with Crippen molar-refractivity contribution in [2.75, 3.05) is 11.9 Å². The third-order valence-electron chi connectivity index (χ3n) is 4.26. The number of hydrogen-bond donors (Lipinski definition) is 1. The van der Waals surface area contributed by atoms with Crippen LogP contribution >= 0.6 is 0 Å². The molecule has 1 N–H and O–H groups in total. The van der Waals surface area contributed by atoms with Crippen LogP contribution in [-0.4, -0.2) is 22.5 Å². The van der Waals surface area contributed by atoms with Crippen LogP contribution in [0.3, 0.4) is 0 Å². The van der Waals surface area contributed by atoms with E-state index in [-0.39, 0.29) is 17.9 Å². The molecule has 0 aliphatic carbocycles. The first kappa shape index (κ1) is 20.3. The molecule has 0 aliphatic rings. The molecule has 0 atom stereocenters. The number of amides is 1. The van der Waals surface area contributed by atoms with E-state index in [2.05, 4.69) is 36.1 Å². The summed E-state index contributed by atoms with van der Waals surface area (Å²) in [5.74, 6) is 1.19. The lowest BCUT2D eigenvalue weighted by atomic mass is 9.87. The lowest BCUT2D eigenvalue weighted by molar-refractivity contribution is -0.118. The summed E-state index contributed by atoms with van der Waals surface area (Å²) in [6.45, 7) is 6.69. The van der Waals surface area contributed by atoms with Gasteiger partial charge in [0.15, 0.2) is 18.2 Å². The average Bonchev–Trinajstić information content (AvgIpc) is 2.72. The molecule has 0 spiro atoms. The van der Waals surface area contributed by atoms with E-state index < -0.39 is 0 Å². The Kier molecular flexibility index (Phi) is 6.44. The molecule has 0 fully saturated rings. The van der Waals surface area contributed by atoms with Gasteiger partial charge in [0.25, 0.3) is 5.91 Å². The second-order valence-electron chi connectivity index (χ2n) is 7.61. The number of carbonyl (C=O) groups excluding carboxylic acids is 1. The zero-order valence-corrected chi connectivity index (χ0v) is 16.9. The molecule has 0 bridgehead atoms. The number of pyridine rings is 2. The number of aromatic nitrogens is 2. The number of rotatable bonds is 7. The minimum absolute atomic E-state index is 0.0710. The van der Waals surface area contributed by atoms with Gasteiger partial charge < -0.3 is 14.8 Å². The molecule has 2 heterocycles. The van der Waals surface area contributed by atoms with Crippen LogP contribution in [0, 0.1) is 0 Å². The van der Waals surface area contributed by atoms with Crippen LogP contribution in [0.25, 0.3) is 0 Å². The summed E-state index contributed by atoms with van der Waals surface area (Å²) in [5, 5.41) is 2.74. The van der Waals surface area contributed by atoms with Crippen molar-refractivity contribution < 1.29 is 14.3 Å². The fourth-order valence-corrected chi connectivity index (χ4v) is 2.61. The van der Waals surface area contributed by atoms with E-state index in [1.165, 1.54) is 5.56 Å². The van der Waals surface area contributed by atoms with Crippen molar-refractivity contribution in [3.05, 3.63) is 78.2 Å². The van der Waals surface area contributed by atoms with Crippen molar-refractivity contribution in [1.29, 1.82) is 0 Å². The van der Waals surface area contributed by atoms with E-state index in [0.717, 1.165) is 5.56 Å². The highest BCUT2D eigenvalue weighted by Gasteiger charge is 2.14. The lowest BCUT2D eigenvalue weighted by Gasteiger charge is -2.19. The summed E-state index contributed by atoms with van der Waals surface area (Å²) < 4.78 is 11.4. The van der Waals surface area contributed by atoms with Gasteiger partial charge in [-0.3, -0.25) is 9.78 Å². The second-order valence-corrected chi connectivity index (χ2v) is 7.61. The molecule has 0 radical (unpaired) electrons. The largest absolute Gasteiger partial charge is 0.485 e. The van der Waals surface area contributed by atoms with Gasteiger partial charge in [-0.05, 0) is 52.9 Å². The van der Waals surface area contributed by atoms with Gasteiger partial charge in [-0.15, -0.1) is 0 Å². The van der Waals surface area contributed by atoms with Gasteiger partial charge in [0, 0.05) is 18.6 Å². The number of nitrogens with zero attached hydrogens (tertiary/aromatic N) is 2. The van der Waals surface area contributed by atoms with E-state index in [1.54, 1.807) is 30.7 Å². The highest BCUT2D eigenvalue weighted by Crippen LogP contribution is 2.25. The van der Waals surface area contributed by atoms with Crippen molar-refractivity contribution in [3.63, 3.8) is 0 Å². The number of benzene rings is 1. The first-order valence-corrected chi connectivity index (χ1v) is 9.42. The van der Waals surface area contributed by atoms with Crippen LogP contribution in [0.1, 0.15) is 31.9 Å². The Labute approximate surface area is 170 Å². The molecule has 3 aromatic rings. The third kappa shape index (κ3) is 6.04. The molecule has 6 nitrogen and oxygen atoms in total. The molecule has 1 amide bonds. The van der Waals surface area contributed by atoms with Crippen LogP contribution < -0.4 is 14.8 Å². The smallest absolute Gasteiger partial charge is 0.263 e. The van der Waals surface area contributed by atoms with Crippen molar-refractivity contribution in [1.82, 2.24) is 9.97 Å². The summed E-state index contributed by atoms with van der Waals surface area (Å²) >= 11 is 0. The molecule has 1 aromatic carbocycles. The molecule has 0 aliphatic heterocycles. The molecule has 6 heteroatoms. The predicted octanol–water partition coefficient (Wildman–Crippen LogP) is 4.37. The average molecular weight is 391 g/mol. The molecule has 0 unspecified atom stereocenters. The standard InChI is InChI=1S/C23H25N3O3/c1-23(2,3)18-6-8-19(9-7-18)28-16-21(27)26-22-20(5-4-12-25-22)29-15-17-10-13-24-14-11-17/h4-14H,15-16H2,1-3H3,(H,25,26,27). The number of nitrogens with one attached hydrogen (secondary N) is 1. The quantitative estimate of drug-likeness (QED) is 0.647. The zero-order valence-electron chi connectivity index (χ0n) is 16.9. The molecular weight excluding hydrogens is 366 g/mol. The lowest BCUT2D eigenvalue weighted by Crippen LogP contribution is -2.21. The number of hydrogen-bond acceptors (Lipinski definition) is 5. The first-order chi connectivity index (χ1) is 13.9. The van der Waals surface area contributed by atoms with E-state index in [9.17, 15) is 4.79 Å². The summed E-state index contributed by atoms with van der Waals surface area (Å²) in [7, 11) is 0. The van der Waals surface area contributed by atoms with Gasteiger partial charge in [-0.2, -0.15) is 0 Å². The summed E-state index contributed by atoms with van der Waals surface area (Å²) in [5.41, 5.74) is 2.25. The Hall–Kier alpha value is -3.41. The fraction of sp³-hybridized carbons (Fsp3) is 0.261. The Morgan fingerprint density at radius 3 is 2.38 bits per heavy atom. The maximum absolute atomic E-state index is 12.3. The van der Waals surface area contributed by atoms with E-state index >= 15 is 0 Å². The van der Waals surface area contributed by atoms with Gasteiger partial charge in [-0.25, -0.2) is 4.98 Å². The Bertz CT molecular complexity index is 936. The van der Waals surface area contributed by atoms with Crippen LogP contribution in [0.15, 0.2) is 67.1 Å². The molecular formula is C23H25N3O3. The minimum atomic E-state index is -0.308. The molecule has 0 saturated carbocycles. The fourth-order valence-electron chi connectivity index (χ4n) is 2.61. The van der Waals surface area contributed by atoms with Gasteiger partial charge in [0.2, 0.25) is 0 Å². The molecule has 150 valence electrons. The van der Waals surface area contributed by atoms with Crippen molar-refractivity contribution in [2.45, 2.75) is 32.8 Å². The van der Waals surface area contributed by atoms with Gasteiger partial charge in [-0.1, -0.05) is 32.9 Å². The summed E-state index contributed by atoms with van der Waals surface area (Å²) in [6, 6.07) is 15.0. The van der Waals surface area contributed by atoms with Crippen molar-refractivity contribution in [3.8, 4) is 11.5 Å². The van der Waals surface area contributed by atoms with Gasteiger partial charge >= 0.3 is 0 Å². The van der Waals surface area contributed by atoms with E-state index in [1.807, 2.05) is 36.4 Å². The van der Waals surface area contributed by atoms with E-state index in [0.29, 0.717) is 23.9 Å². The summed E-state index contributed by atoms with van der Waals surface area (Å²) in [4.78, 5) is 20.5.